The zero-order chi connectivity index (χ0) is 21.8. The van der Waals surface area contributed by atoms with Crippen LogP contribution in [0.15, 0.2) is 86.1 Å². The highest BCUT2D eigenvalue weighted by molar-refractivity contribution is 7.92. The third-order valence-electron chi connectivity index (χ3n) is 4.43. The summed E-state index contributed by atoms with van der Waals surface area (Å²) in [5.74, 6) is 0.00782. The van der Waals surface area contributed by atoms with Crippen LogP contribution < -0.4 is 9.54 Å². The van der Waals surface area contributed by atoms with Crippen molar-refractivity contribution in [2.24, 2.45) is 4.40 Å². The van der Waals surface area contributed by atoms with Gasteiger partial charge in [-0.3, -0.25) is 0 Å². The monoisotopic (exact) mass is 470 g/mol. The number of ether oxygens (including phenoxy) is 1. The molecule has 0 saturated carbocycles. The Hall–Kier alpha value is -3.01. The first-order valence-corrected chi connectivity index (χ1v) is 12.6. The molecule has 0 aliphatic heterocycles. The molecule has 0 unspecified atom stereocenters. The lowest BCUT2D eigenvalue weighted by molar-refractivity contribution is 0.0735. The van der Waals surface area contributed by atoms with E-state index in [-0.39, 0.29) is 4.21 Å². The van der Waals surface area contributed by atoms with Gasteiger partial charge in [0.15, 0.2) is 0 Å². The number of rotatable bonds is 6. The largest absolute Gasteiger partial charge is 0.423 e. The molecule has 2 aromatic heterocycles. The smallest absolute Gasteiger partial charge is 0.343 e. The molecule has 31 heavy (non-hydrogen) atoms. The normalized spacial score (nSPS) is 12.1. The van der Waals surface area contributed by atoms with Crippen molar-refractivity contribution in [2.45, 2.75) is 17.7 Å². The molecular formula is C22H18N2O4S3. The molecule has 0 aliphatic rings. The van der Waals surface area contributed by atoms with Crippen LogP contribution in [0.1, 0.15) is 17.3 Å². The van der Waals surface area contributed by atoms with Gasteiger partial charge in [-0.25, -0.2) is 4.79 Å². The number of thiazole rings is 1. The van der Waals surface area contributed by atoms with Gasteiger partial charge in [0, 0.05) is 11.9 Å². The van der Waals surface area contributed by atoms with E-state index >= 15 is 0 Å². The Morgan fingerprint density at radius 3 is 2.39 bits per heavy atom. The summed E-state index contributed by atoms with van der Waals surface area (Å²) in [7, 11) is -3.74. The van der Waals surface area contributed by atoms with E-state index in [9.17, 15) is 13.2 Å². The van der Waals surface area contributed by atoms with Crippen molar-refractivity contribution in [3.8, 4) is 17.0 Å². The Labute approximate surface area is 187 Å². The van der Waals surface area contributed by atoms with Gasteiger partial charge in [-0.15, -0.1) is 27.1 Å². The molecule has 4 rings (SSSR count). The highest BCUT2D eigenvalue weighted by atomic mass is 32.2. The molecular weight excluding hydrogens is 452 g/mol. The van der Waals surface area contributed by atoms with Gasteiger partial charge in [-0.2, -0.15) is 8.42 Å². The molecule has 2 heterocycles. The van der Waals surface area contributed by atoms with Crippen molar-refractivity contribution >= 4 is 38.7 Å². The molecule has 6 nitrogen and oxygen atoms in total. The van der Waals surface area contributed by atoms with Gasteiger partial charge < -0.3 is 9.30 Å². The summed E-state index contributed by atoms with van der Waals surface area (Å²) < 4.78 is 36.6. The van der Waals surface area contributed by atoms with E-state index < -0.39 is 16.0 Å². The van der Waals surface area contributed by atoms with Crippen LogP contribution in [0.5, 0.6) is 5.75 Å². The molecule has 0 bridgehead atoms. The third-order valence-corrected chi connectivity index (χ3v) is 8.05. The van der Waals surface area contributed by atoms with Gasteiger partial charge in [-0.05, 0) is 60.3 Å². The SMILES string of the molecule is CCn1c(-c2ccc(OC(=O)c3ccccc3)cc2)cs/c1=N/S(=O)(=O)c1cccs1. The lowest BCUT2D eigenvalue weighted by Crippen LogP contribution is -2.17. The molecule has 0 atom stereocenters. The number of aromatic nitrogens is 1. The number of sulfonamides is 1. The molecule has 9 heteroatoms. The summed E-state index contributed by atoms with van der Waals surface area (Å²) >= 11 is 2.41. The van der Waals surface area contributed by atoms with Crippen LogP contribution in [0, 0.1) is 0 Å². The summed E-state index contributed by atoms with van der Waals surface area (Å²) in [6, 6.07) is 19.1. The number of carbonyl (C=O) groups excluding carboxylic acids is 1. The third kappa shape index (κ3) is 4.68. The van der Waals surface area contributed by atoms with Crippen molar-refractivity contribution in [3.05, 3.63) is 87.9 Å². The minimum atomic E-state index is -3.74. The maximum atomic E-state index is 12.5. The molecule has 2 aromatic carbocycles. The molecule has 0 spiro atoms. The Bertz CT molecular complexity index is 1350. The van der Waals surface area contributed by atoms with E-state index in [0.717, 1.165) is 22.6 Å². The average Bonchev–Trinajstić information content (AvgIpc) is 3.45. The second-order valence-corrected chi connectivity index (χ2v) is 10.0. The lowest BCUT2D eigenvalue weighted by Gasteiger charge is -2.08. The van der Waals surface area contributed by atoms with Crippen LogP contribution in [0.3, 0.4) is 0 Å². The summed E-state index contributed by atoms with van der Waals surface area (Å²) in [6.45, 7) is 2.49. The Morgan fingerprint density at radius 1 is 1.00 bits per heavy atom. The van der Waals surface area contributed by atoms with Crippen LogP contribution in [-0.4, -0.2) is 19.0 Å². The van der Waals surface area contributed by atoms with E-state index in [2.05, 4.69) is 4.40 Å². The molecule has 4 aromatic rings. The maximum Gasteiger partial charge on any atom is 0.343 e. The predicted molar refractivity (Wildman–Crippen MR) is 122 cm³/mol. The predicted octanol–water partition coefficient (Wildman–Crippen LogP) is 4.81. The average molecular weight is 471 g/mol. The van der Waals surface area contributed by atoms with Crippen molar-refractivity contribution in [2.75, 3.05) is 0 Å². The minimum Gasteiger partial charge on any atom is -0.423 e. The number of hydrogen-bond acceptors (Lipinski definition) is 6. The second-order valence-electron chi connectivity index (χ2n) is 6.43. The molecule has 0 fully saturated rings. The number of esters is 1. The first-order chi connectivity index (χ1) is 15.0. The lowest BCUT2D eigenvalue weighted by atomic mass is 10.1. The Kier molecular flexibility index (Phi) is 6.17. The van der Waals surface area contributed by atoms with E-state index in [4.69, 9.17) is 4.74 Å². The number of benzene rings is 2. The van der Waals surface area contributed by atoms with Crippen LogP contribution in [0.4, 0.5) is 0 Å². The standard InChI is InChI=1S/C22H18N2O4S3/c1-2-24-19(15-30-22(24)23-31(26,27)20-9-6-14-29-20)16-10-12-18(13-11-16)28-21(25)17-7-4-3-5-8-17/h3-15H,2H2,1H3/b23-22+. The first-order valence-electron chi connectivity index (χ1n) is 9.38. The van der Waals surface area contributed by atoms with Crippen LogP contribution in [0.2, 0.25) is 0 Å². The van der Waals surface area contributed by atoms with Crippen molar-refractivity contribution in [3.63, 3.8) is 0 Å². The Morgan fingerprint density at radius 2 is 1.74 bits per heavy atom. The van der Waals surface area contributed by atoms with Crippen molar-refractivity contribution < 1.29 is 17.9 Å². The zero-order valence-electron chi connectivity index (χ0n) is 16.5. The van der Waals surface area contributed by atoms with Crippen molar-refractivity contribution in [1.29, 1.82) is 0 Å². The van der Waals surface area contributed by atoms with Crippen LogP contribution in [0.25, 0.3) is 11.3 Å². The molecule has 158 valence electrons. The number of nitrogens with zero attached hydrogens (tertiary/aromatic N) is 2. The number of thiophene rings is 1. The van der Waals surface area contributed by atoms with E-state index in [1.54, 1.807) is 53.9 Å². The van der Waals surface area contributed by atoms with Gasteiger partial charge in [-0.1, -0.05) is 24.3 Å². The quantitative estimate of drug-likeness (QED) is 0.299. The molecule has 0 N–H and O–H groups in total. The fourth-order valence-electron chi connectivity index (χ4n) is 2.93. The highest BCUT2D eigenvalue weighted by Crippen LogP contribution is 2.24. The minimum absolute atomic E-state index is 0.217. The first kappa shape index (κ1) is 21.2. The molecule has 0 amide bonds. The fraction of sp³-hybridized carbons (Fsp3) is 0.0909. The fourth-order valence-corrected chi connectivity index (χ4v) is 6.09. The van der Waals surface area contributed by atoms with E-state index in [1.165, 1.54) is 11.3 Å². The molecule has 0 radical (unpaired) electrons. The highest BCUT2D eigenvalue weighted by Gasteiger charge is 2.16. The van der Waals surface area contributed by atoms with Crippen LogP contribution >= 0.6 is 22.7 Å². The van der Waals surface area contributed by atoms with Crippen molar-refractivity contribution in [1.82, 2.24) is 4.57 Å². The topological polar surface area (TPSA) is 77.7 Å². The maximum absolute atomic E-state index is 12.5. The van der Waals surface area contributed by atoms with Gasteiger partial charge in [0.05, 0.1) is 11.3 Å². The molecule has 0 saturated heterocycles. The summed E-state index contributed by atoms with van der Waals surface area (Å²) in [6.07, 6.45) is 0. The van der Waals surface area contributed by atoms with Gasteiger partial charge in [0.2, 0.25) is 4.80 Å². The second kappa shape index (κ2) is 9.01. The summed E-state index contributed by atoms with van der Waals surface area (Å²) in [4.78, 5) is 12.6. The zero-order valence-corrected chi connectivity index (χ0v) is 18.9. The molecule has 0 aliphatic carbocycles. The van der Waals surface area contributed by atoms with E-state index in [1.807, 2.05) is 35.1 Å². The Balaban J connectivity index is 1.61. The van der Waals surface area contributed by atoms with Gasteiger partial charge >= 0.3 is 5.97 Å². The van der Waals surface area contributed by atoms with Gasteiger partial charge in [0.1, 0.15) is 9.96 Å². The number of hydrogen-bond donors (Lipinski definition) is 0. The summed E-state index contributed by atoms with van der Waals surface area (Å²) in [5, 5.41) is 3.58. The van der Waals surface area contributed by atoms with Gasteiger partial charge in [0.25, 0.3) is 10.0 Å². The van der Waals surface area contributed by atoms with E-state index in [0.29, 0.717) is 22.7 Å². The van der Waals surface area contributed by atoms with Crippen LogP contribution in [-0.2, 0) is 16.6 Å². The summed E-state index contributed by atoms with van der Waals surface area (Å²) in [5.41, 5.74) is 2.19. The number of carbonyl (C=O) groups is 1.